The normalized spacial score (nSPS) is 12.1. The Hall–Kier alpha value is -2.19. The van der Waals surface area contributed by atoms with Crippen molar-refractivity contribution in [1.82, 2.24) is 4.57 Å². The van der Waals surface area contributed by atoms with Crippen LogP contribution in [0.5, 0.6) is 0 Å². The molecule has 0 radical (unpaired) electrons. The van der Waals surface area contributed by atoms with Gasteiger partial charge in [0.1, 0.15) is 0 Å². The van der Waals surface area contributed by atoms with Crippen molar-refractivity contribution in [2.75, 3.05) is 0 Å². The molecule has 152 valence electrons. The number of halogens is 2. The Labute approximate surface area is 196 Å². The van der Waals surface area contributed by atoms with Gasteiger partial charge >= 0.3 is 26.2 Å². The number of rotatable bonds is 1. The van der Waals surface area contributed by atoms with Crippen molar-refractivity contribution in [2.45, 2.75) is 34.1 Å². The number of benzene rings is 2. The number of hydrogen-bond acceptors (Lipinski definition) is 0. The van der Waals surface area contributed by atoms with E-state index in [1.807, 2.05) is 0 Å². The van der Waals surface area contributed by atoms with Gasteiger partial charge < -0.3 is 14.0 Å². The first kappa shape index (κ1) is 25.8. The van der Waals surface area contributed by atoms with Gasteiger partial charge in [0.25, 0.3) is 0 Å². The molecule has 0 saturated heterocycles. The summed E-state index contributed by atoms with van der Waals surface area (Å²) in [6, 6.07) is 21.7. The first-order valence-electron chi connectivity index (χ1n) is 9.53. The van der Waals surface area contributed by atoms with Gasteiger partial charge in [-0.2, -0.15) is 6.08 Å². The van der Waals surface area contributed by atoms with E-state index in [4.69, 9.17) is 0 Å². The molecule has 0 fully saturated rings. The van der Waals surface area contributed by atoms with E-state index in [2.05, 4.69) is 105 Å². The number of fused-ring (bicyclic) bond motifs is 2. The zero-order valence-electron chi connectivity index (χ0n) is 17.8. The Morgan fingerprint density at radius 3 is 2.17 bits per heavy atom. The van der Waals surface area contributed by atoms with Crippen LogP contribution in [0.15, 0.2) is 77.9 Å². The predicted molar refractivity (Wildman–Crippen MR) is 117 cm³/mol. The van der Waals surface area contributed by atoms with Crippen LogP contribution in [0.4, 0.5) is 0 Å². The molecule has 0 saturated carbocycles. The molecule has 3 aromatic carbocycles. The van der Waals surface area contributed by atoms with Gasteiger partial charge in [-0.25, -0.2) is 11.1 Å². The summed E-state index contributed by atoms with van der Waals surface area (Å²) in [5, 5.41) is 3.95. The molecule has 0 spiro atoms. The minimum absolute atomic E-state index is 0. The van der Waals surface area contributed by atoms with E-state index in [1.54, 1.807) is 0 Å². The minimum Gasteiger partial charge on any atom is -1.00 e. The SMILES string of the molecule is CC1=[C-]CC=C1C.Cc1c(C)n(-c2cc3ccccc3[cH-]2)c2ccccc12.[F-].[F-].[Zr+4]. The van der Waals surface area contributed by atoms with Gasteiger partial charge in [-0.1, -0.05) is 31.2 Å². The van der Waals surface area contributed by atoms with Gasteiger partial charge in [0.15, 0.2) is 0 Å². The fourth-order valence-electron chi connectivity index (χ4n) is 3.77. The fraction of sp³-hybridized carbons (Fsp3) is 0.192. The summed E-state index contributed by atoms with van der Waals surface area (Å²) in [7, 11) is 0. The molecule has 0 bridgehead atoms. The molecule has 1 heterocycles. The quantitative estimate of drug-likeness (QED) is 0.361. The maximum atomic E-state index is 3.19. The molecule has 4 aromatic rings. The summed E-state index contributed by atoms with van der Waals surface area (Å²) in [5.41, 5.74) is 7.94. The molecule has 0 N–H and O–H groups in total. The Morgan fingerprint density at radius 1 is 0.900 bits per heavy atom. The van der Waals surface area contributed by atoms with Crippen LogP contribution in [0.3, 0.4) is 0 Å². The number of hydrogen-bond donors (Lipinski definition) is 0. The van der Waals surface area contributed by atoms with E-state index in [-0.39, 0.29) is 35.6 Å². The summed E-state index contributed by atoms with van der Waals surface area (Å²) >= 11 is 0. The minimum atomic E-state index is 0. The average Bonchev–Trinajstić information content (AvgIpc) is 3.34. The van der Waals surface area contributed by atoms with Crippen molar-refractivity contribution in [3.8, 4) is 5.69 Å². The Bertz CT molecular complexity index is 1150. The third-order valence-electron chi connectivity index (χ3n) is 5.66. The summed E-state index contributed by atoms with van der Waals surface area (Å²) in [6.45, 7) is 8.62. The van der Waals surface area contributed by atoms with Gasteiger partial charge in [-0.3, -0.25) is 6.08 Å². The molecule has 1 aliphatic rings. The van der Waals surface area contributed by atoms with E-state index >= 15 is 0 Å². The van der Waals surface area contributed by atoms with Crippen LogP contribution in [0.2, 0.25) is 0 Å². The molecular formula is C26H25F2NZr. The van der Waals surface area contributed by atoms with Crippen LogP contribution in [-0.2, 0) is 26.2 Å². The third kappa shape index (κ3) is 4.75. The van der Waals surface area contributed by atoms with Gasteiger partial charge in [0.05, 0.1) is 5.52 Å². The Kier molecular flexibility index (Phi) is 9.24. The van der Waals surface area contributed by atoms with Crippen molar-refractivity contribution < 1.29 is 35.6 Å². The van der Waals surface area contributed by atoms with E-state index < -0.39 is 0 Å². The second-order valence-corrected chi connectivity index (χ2v) is 7.30. The Morgan fingerprint density at radius 2 is 1.57 bits per heavy atom. The molecular weight excluding hydrogens is 456 g/mol. The monoisotopic (exact) mass is 479 g/mol. The van der Waals surface area contributed by atoms with Crippen LogP contribution in [0.25, 0.3) is 27.4 Å². The zero-order valence-corrected chi connectivity index (χ0v) is 20.2. The standard InChI is InChI=1S/C19H16N.C7H9.2FH.Zr/c1-13-14(2)20(19-10-6-5-9-18(13)19)17-11-15-7-3-4-8-16(15)12-17;1-6-4-3-5-7(6)2;;;/h3-12H,1-2H3;4H,3H2,1-2H3;2*1H;/q2*-1;;;+4/p-2. The summed E-state index contributed by atoms with van der Waals surface area (Å²) in [5.74, 6) is 0. The summed E-state index contributed by atoms with van der Waals surface area (Å²) < 4.78 is 2.37. The largest absolute Gasteiger partial charge is 4.00 e. The maximum Gasteiger partial charge on any atom is 4.00 e. The molecule has 0 atom stereocenters. The molecule has 1 aromatic heterocycles. The van der Waals surface area contributed by atoms with E-state index in [1.165, 1.54) is 49.8 Å². The second kappa shape index (κ2) is 10.7. The zero-order chi connectivity index (χ0) is 19.0. The number of allylic oxidation sites excluding steroid dienone is 4. The summed E-state index contributed by atoms with van der Waals surface area (Å²) in [6.07, 6.45) is 6.41. The van der Waals surface area contributed by atoms with Crippen molar-refractivity contribution in [3.05, 3.63) is 95.2 Å². The van der Waals surface area contributed by atoms with Crippen LogP contribution in [0, 0.1) is 19.9 Å². The van der Waals surface area contributed by atoms with Crippen molar-refractivity contribution in [1.29, 1.82) is 0 Å². The van der Waals surface area contributed by atoms with Crippen molar-refractivity contribution >= 4 is 21.7 Å². The van der Waals surface area contributed by atoms with Gasteiger partial charge in [-0.05, 0) is 31.2 Å². The fourth-order valence-corrected chi connectivity index (χ4v) is 3.77. The molecule has 1 nitrogen and oxygen atoms in total. The molecule has 0 amide bonds. The number of aromatic nitrogens is 1. The summed E-state index contributed by atoms with van der Waals surface area (Å²) in [4.78, 5) is 0. The number of aryl methyl sites for hydroxylation is 1. The van der Waals surface area contributed by atoms with Gasteiger partial charge in [0, 0.05) is 11.1 Å². The third-order valence-corrected chi connectivity index (χ3v) is 5.66. The van der Waals surface area contributed by atoms with Gasteiger partial charge in [0.2, 0.25) is 0 Å². The van der Waals surface area contributed by atoms with E-state index in [0.717, 1.165) is 6.42 Å². The predicted octanol–water partition coefficient (Wildman–Crippen LogP) is 1.21. The number of para-hydroxylation sites is 1. The van der Waals surface area contributed by atoms with Crippen molar-refractivity contribution in [2.24, 2.45) is 0 Å². The van der Waals surface area contributed by atoms with E-state index in [9.17, 15) is 0 Å². The van der Waals surface area contributed by atoms with Crippen LogP contribution >= 0.6 is 0 Å². The van der Waals surface area contributed by atoms with Crippen LogP contribution in [-0.4, -0.2) is 4.57 Å². The molecule has 0 aliphatic heterocycles. The number of nitrogens with zero attached hydrogens (tertiary/aromatic N) is 1. The average molecular weight is 481 g/mol. The van der Waals surface area contributed by atoms with Crippen LogP contribution in [0.1, 0.15) is 31.5 Å². The van der Waals surface area contributed by atoms with Gasteiger partial charge in [-0.15, -0.1) is 54.4 Å². The molecule has 5 rings (SSSR count). The Balaban J connectivity index is 0.000000391. The molecule has 4 heteroatoms. The second-order valence-electron chi connectivity index (χ2n) is 7.30. The van der Waals surface area contributed by atoms with Crippen LogP contribution < -0.4 is 9.41 Å². The van der Waals surface area contributed by atoms with Crippen molar-refractivity contribution in [3.63, 3.8) is 0 Å². The topological polar surface area (TPSA) is 4.93 Å². The smallest absolute Gasteiger partial charge is 1.00 e. The molecule has 1 aliphatic carbocycles. The van der Waals surface area contributed by atoms with E-state index in [0.29, 0.717) is 0 Å². The first-order valence-corrected chi connectivity index (χ1v) is 9.53. The molecule has 0 unspecified atom stereocenters. The molecule has 30 heavy (non-hydrogen) atoms. The maximum absolute atomic E-state index is 3.19. The first-order chi connectivity index (χ1) is 13.1.